The lowest BCUT2D eigenvalue weighted by Gasteiger charge is -2.25. The van der Waals surface area contributed by atoms with Gasteiger partial charge in [0, 0.05) is 6.42 Å². The van der Waals surface area contributed by atoms with Crippen molar-refractivity contribution in [3.63, 3.8) is 0 Å². The van der Waals surface area contributed by atoms with Crippen LogP contribution in [0.15, 0.2) is 42.5 Å². The Bertz CT molecular complexity index is 550. The largest absolute Gasteiger partial charge is 0.465 e. The van der Waals surface area contributed by atoms with Crippen LogP contribution in [0.1, 0.15) is 38.2 Å². The Labute approximate surface area is 143 Å². The van der Waals surface area contributed by atoms with E-state index < -0.39 is 11.8 Å². The summed E-state index contributed by atoms with van der Waals surface area (Å²) in [4.78, 5) is 24.6. The summed E-state index contributed by atoms with van der Waals surface area (Å²) < 4.78 is 10.7. The first-order valence-corrected chi connectivity index (χ1v) is 8.74. The van der Waals surface area contributed by atoms with E-state index in [1.165, 1.54) is 0 Å². The smallest absolute Gasteiger partial charge is 0.310 e. The first-order valence-electron chi connectivity index (χ1n) is 8.74. The molecule has 0 bridgehead atoms. The maximum absolute atomic E-state index is 12.4. The maximum atomic E-state index is 12.4. The Hall–Kier alpha value is -2.10. The number of hydrogen-bond donors (Lipinski definition) is 0. The monoisotopic (exact) mass is 330 g/mol. The summed E-state index contributed by atoms with van der Waals surface area (Å²) in [5.74, 6) is -1.43. The van der Waals surface area contributed by atoms with Crippen molar-refractivity contribution in [3.05, 3.63) is 48.0 Å². The third kappa shape index (κ3) is 5.52. The van der Waals surface area contributed by atoms with Crippen molar-refractivity contribution in [3.8, 4) is 0 Å². The average Bonchev–Trinajstić information content (AvgIpc) is 2.62. The molecule has 0 spiro atoms. The van der Waals surface area contributed by atoms with E-state index >= 15 is 0 Å². The number of esters is 2. The van der Waals surface area contributed by atoms with Gasteiger partial charge in [0.2, 0.25) is 0 Å². The first kappa shape index (κ1) is 18.2. The Morgan fingerprint density at radius 3 is 2.12 bits per heavy atom. The van der Waals surface area contributed by atoms with E-state index in [9.17, 15) is 9.59 Å². The Morgan fingerprint density at radius 1 is 0.958 bits per heavy atom. The number of rotatable bonds is 8. The lowest BCUT2D eigenvalue weighted by Crippen LogP contribution is -2.34. The summed E-state index contributed by atoms with van der Waals surface area (Å²) in [7, 11) is 0. The molecule has 0 radical (unpaired) electrons. The highest BCUT2D eigenvalue weighted by molar-refractivity contribution is 5.82. The van der Waals surface area contributed by atoms with Crippen LogP contribution in [-0.4, -0.2) is 25.2 Å². The molecule has 2 unspecified atom stereocenters. The van der Waals surface area contributed by atoms with Crippen molar-refractivity contribution in [1.29, 1.82) is 0 Å². The van der Waals surface area contributed by atoms with Crippen LogP contribution in [0.4, 0.5) is 0 Å². The Morgan fingerprint density at radius 2 is 1.54 bits per heavy atom. The molecule has 0 aromatic heterocycles. The maximum Gasteiger partial charge on any atom is 0.310 e. The predicted molar refractivity (Wildman–Crippen MR) is 92.3 cm³/mol. The van der Waals surface area contributed by atoms with Crippen molar-refractivity contribution < 1.29 is 19.1 Å². The zero-order valence-corrected chi connectivity index (χ0v) is 14.3. The summed E-state index contributed by atoms with van der Waals surface area (Å²) in [6, 6.07) is 9.89. The summed E-state index contributed by atoms with van der Waals surface area (Å²) in [6.07, 6.45) is 7.48. The molecule has 1 aromatic rings. The van der Waals surface area contributed by atoms with Crippen LogP contribution in [0, 0.1) is 11.8 Å². The van der Waals surface area contributed by atoms with Crippen LogP contribution >= 0.6 is 0 Å². The minimum absolute atomic E-state index is 0.280. The number of allylic oxidation sites excluding steroid dienone is 2. The van der Waals surface area contributed by atoms with Gasteiger partial charge in [0.25, 0.3) is 0 Å². The first-order chi connectivity index (χ1) is 11.7. The van der Waals surface area contributed by atoms with Crippen LogP contribution in [0.3, 0.4) is 0 Å². The summed E-state index contributed by atoms with van der Waals surface area (Å²) >= 11 is 0. The van der Waals surface area contributed by atoms with Crippen LogP contribution in [0.5, 0.6) is 0 Å². The van der Waals surface area contributed by atoms with Crippen LogP contribution < -0.4 is 0 Å². The van der Waals surface area contributed by atoms with Gasteiger partial charge in [-0.25, -0.2) is 0 Å². The second-order valence-corrected chi connectivity index (χ2v) is 6.08. The molecule has 4 heteroatoms. The van der Waals surface area contributed by atoms with Crippen molar-refractivity contribution in [1.82, 2.24) is 0 Å². The van der Waals surface area contributed by atoms with Crippen molar-refractivity contribution in [2.45, 2.75) is 39.0 Å². The highest BCUT2D eigenvalue weighted by Gasteiger charge is 2.36. The second-order valence-electron chi connectivity index (χ2n) is 6.08. The van der Waals surface area contributed by atoms with Crippen LogP contribution in [0.2, 0.25) is 0 Å². The summed E-state index contributed by atoms with van der Waals surface area (Å²) in [5.41, 5.74) is 1.13. The number of carbonyl (C=O) groups excluding carboxylic acids is 2. The van der Waals surface area contributed by atoms with E-state index in [1.807, 2.05) is 49.4 Å². The standard InChI is InChI=1S/C20H26O4/c1-2-3-14-23-19(21)17-11-7-8-12-18(17)20(22)24-15-13-16-9-5-4-6-10-16/h4-10,17-18H,2-3,11-15H2,1H3. The zero-order chi connectivity index (χ0) is 17.2. The van der Waals surface area contributed by atoms with Crippen molar-refractivity contribution >= 4 is 11.9 Å². The quantitative estimate of drug-likeness (QED) is 0.414. The number of hydrogen-bond acceptors (Lipinski definition) is 4. The topological polar surface area (TPSA) is 52.6 Å². The SMILES string of the molecule is CCCCOC(=O)C1CC=CCC1C(=O)OCCc1ccccc1. The van der Waals surface area contributed by atoms with Gasteiger partial charge in [0.15, 0.2) is 0 Å². The van der Waals surface area contributed by atoms with E-state index in [1.54, 1.807) is 0 Å². The third-order valence-electron chi connectivity index (χ3n) is 4.26. The van der Waals surface area contributed by atoms with Gasteiger partial charge in [-0.1, -0.05) is 55.8 Å². The Kier molecular flexibility index (Phi) is 7.53. The van der Waals surface area contributed by atoms with E-state index in [2.05, 4.69) is 0 Å². The fraction of sp³-hybridized carbons (Fsp3) is 0.500. The van der Waals surface area contributed by atoms with Gasteiger partial charge in [-0.3, -0.25) is 9.59 Å². The molecule has 2 atom stereocenters. The Balaban J connectivity index is 1.83. The fourth-order valence-corrected chi connectivity index (χ4v) is 2.78. The molecule has 0 heterocycles. The van der Waals surface area contributed by atoms with Gasteiger partial charge in [-0.2, -0.15) is 0 Å². The molecular formula is C20H26O4. The van der Waals surface area contributed by atoms with Gasteiger partial charge in [0.05, 0.1) is 25.0 Å². The summed E-state index contributed by atoms with van der Waals surface area (Å²) in [5, 5.41) is 0. The molecule has 1 aliphatic carbocycles. The molecule has 2 rings (SSSR count). The van der Waals surface area contributed by atoms with Gasteiger partial charge in [0.1, 0.15) is 0 Å². The van der Waals surface area contributed by atoms with E-state index in [4.69, 9.17) is 9.47 Å². The molecule has 0 amide bonds. The second kappa shape index (κ2) is 9.91. The molecule has 4 nitrogen and oxygen atoms in total. The minimum atomic E-state index is -0.431. The normalized spacial score (nSPS) is 19.7. The molecule has 0 saturated carbocycles. The molecule has 0 fully saturated rings. The van der Waals surface area contributed by atoms with Gasteiger partial charge in [-0.15, -0.1) is 0 Å². The molecule has 0 saturated heterocycles. The average molecular weight is 330 g/mol. The lowest BCUT2D eigenvalue weighted by atomic mass is 9.83. The zero-order valence-electron chi connectivity index (χ0n) is 14.3. The van der Waals surface area contributed by atoms with Gasteiger partial charge in [-0.05, 0) is 24.8 Å². The number of unbranched alkanes of at least 4 members (excludes halogenated alkanes) is 1. The highest BCUT2D eigenvalue weighted by Crippen LogP contribution is 2.28. The molecule has 0 aliphatic heterocycles. The number of ether oxygens (including phenoxy) is 2. The molecular weight excluding hydrogens is 304 g/mol. The van der Waals surface area contributed by atoms with Gasteiger partial charge >= 0.3 is 11.9 Å². The highest BCUT2D eigenvalue weighted by atomic mass is 16.5. The van der Waals surface area contributed by atoms with E-state index in [-0.39, 0.29) is 11.9 Å². The molecule has 24 heavy (non-hydrogen) atoms. The van der Waals surface area contributed by atoms with Crippen molar-refractivity contribution in [2.75, 3.05) is 13.2 Å². The predicted octanol–water partition coefficient (Wildman–Crippen LogP) is 3.70. The number of benzene rings is 1. The lowest BCUT2D eigenvalue weighted by molar-refractivity contribution is -0.161. The molecule has 1 aromatic carbocycles. The molecule has 1 aliphatic rings. The van der Waals surface area contributed by atoms with E-state index in [0.29, 0.717) is 32.5 Å². The molecule has 0 N–H and O–H groups in total. The van der Waals surface area contributed by atoms with E-state index in [0.717, 1.165) is 18.4 Å². The number of carbonyl (C=O) groups is 2. The minimum Gasteiger partial charge on any atom is -0.465 e. The summed E-state index contributed by atoms with van der Waals surface area (Å²) in [6.45, 7) is 2.80. The van der Waals surface area contributed by atoms with Crippen molar-refractivity contribution in [2.24, 2.45) is 11.8 Å². The molecule has 130 valence electrons. The third-order valence-corrected chi connectivity index (χ3v) is 4.26. The van der Waals surface area contributed by atoms with Crippen LogP contribution in [0.25, 0.3) is 0 Å². The van der Waals surface area contributed by atoms with Gasteiger partial charge < -0.3 is 9.47 Å². The van der Waals surface area contributed by atoms with Crippen LogP contribution in [-0.2, 0) is 25.5 Å². The fourth-order valence-electron chi connectivity index (χ4n) is 2.78.